The molecule has 124 valence electrons. The standard InChI is InChI=1S/C19H20N2O3/c1-13(20-19(23)17-11-12-18(22)21-17)14-7-9-16(10-8-14)24-15-5-3-2-4-6-15/h2-10,13,17H,11-12H2,1H3,(H,20,23)(H,21,22)/t13-,17+/m1/s1. The van der Waals surface area contributed by atoms with E-state index in [1.165, 1.54) is 0 Å². The minimum Gasteiger partial charge on any atom is -0.457 e. The van der Waals surface area contributed by atoms with Gasteiger partial charge in [0.1, 0.15) is 17.5 Å². The van der Waals surface area contributed by atoms with Crippen molar-refractivity contribution < 1.29 is 14.3 Å². The van der Waals surface area contributed by atoms with Crippen molar-refractivity contribution in [1.82, 2.24) is 10.6 Å². The molecular weight excluding hydrogens is 304 g/mol. The fraction of sp³-hybridized carbons (Fsp3) is 0.263. The van der Waals surface area contributed by atoms with Crippen LogP contribution in [0, 0.1) is 0 Å². The molecule has 0 aromatic heterocycles. The number of nitrogens with one attached hydrogen (secondary N) is 2. The Morgan fingerprint density at radius 2 is 1.79 bits per heavy atom. The SMILES string of the molecule is C[C@@H](NC(=O)[C@@H]1CCC(=O)N1)c1ccc(Oc2ccccc2)cc1. The zero-order chi connectivity index (χ0) is 16.9. The summed E-state index contributed by atoms with van der Waals surface area (Å²) in [5, 5.41) is 5.61. The van der Waals surface area contributed by atoms with Crippen LogP contribution < -0.4 is 15.4 Å². The number of carbonyl (C=O) groups excluding carboxylic acids is 2. The van der Waals surface area contributed by atoms with Gasteiger partial charge in [-0.2, -0.15) is 0 Å². The van der Waals surface area contributed by atoms with Crippen molar-refractivity contribution in [3.8, 4) is 11.5 Å². The van der Waals surface area contributed by atoms with E-state index in [-0.39, 0.29) is 17.9 Å². The summed E-state index contributed by atoms with van der Waals surface area (Å²) in [6.07, 6.45) is 0.971. The number of hydrogen-bond acceptors (Lipinski definition) is 3. The number of ether oxygens (including phenoxy) is 1. The van der Waals surface area contributed by atoms with Crippen LogP contribution in [0.2, 0.25) is 0 Å². The average Bonchev–Trinajstić information content (AvgIpc) is 3.03. The molecule has 1 aliphatic rings. The molecule has 1 aliphatic heterocycles. The lowest BCUT2D eigenvalue weighted by atomic mass is 10.1. The van der Waals surface area contributed by atoms with Gasteiger partial charge in [0.05, 0.1) is 6.04 Å². The maximum Gasteiger partial charge on any atom is 0.243 e. The van der Waals surface area contributed by atoms with E-state index in [1.807, 2.05) is 61.5 Å². The van der Waals surface area contributed by atoms with E-state index in [4.69, 9.17) is 4.74 Å². The van der Waals surface area contributed by atoms with Crippen LogP contribution >= 0.6 is 0 Å². The highest BCUT2D eigenvalue weighted by atomic mass is 16.5. The summed E-state index contributed by atoms with van der Waals surface area (Å²) < 4.78 is 5.75. The first kappa shape index (κ1) is 16.1. The van der Waals surface area contributed by atoms with Crippen molar-refractivity contribution in [2.24, 2.45) is 0 Å². The van der Waals surface area contributed by atoms with Crippen LogP contribution in [-0.2, 0) is 9.59 Å². The van der Waals surface area contributed by atoms with Gasteiger partial charge < -0.3 is 15.4 Å². The molecule has 2 aromatic rings. The summed E-state index contributed by atoms with van der Waals surface area (Å²) in [5.74, 6) is 1.32. The molecule has 0 bridgehead atoms. The summed E-state index contributed by atoms with van der Waals surface area (Å²) >= 11 is 0. The number of hydrogen-bond donors (Lipinski definition) is 2. The van der Waals surface area contributed by atoms with Gasteiger partial charge in [-0.1, -0.05) is 30.3 Å². The second kappa shape index (κ2) is 7.17. The molecule has 1 saturated heterocycles. The number of para-hydroxylation sites is 1. The maximum absolute atomic E-state index is 12.1. The van der Waals surface area contributed by atoms with Crippen LogP contribution in [-0.4, -0.2) is 17.9 Å². The Morgan fingerprint density at radius 3 is 2.42 bits per heavy atom. The lowest BCUT2D eigenvalue weighted by Crippen LogP contribution is -2.42. The normalized spacial score (nSPS) is 17.9. The molecule has 5 nitrogen and oxygen atoms in total. The molecule has 2 aromatic carbocycles. The highest BCUT2D eigenvalue weighted by Gasteiger charge is 2.27. The van der Waals surface area contributed by atoms with Gasteiger partial charge in [-0.3, -0.25) is 9.59 Å². The maximum atomic E-state index is 12.1. The lowest BCUT2D eigenvalue weighted by Gasteiger charge is -2.18. The van der Waals surface area contributed by atoms with Crippen LogP contribution in [0.15, 0.2) is 54.6 Å². The van der Waals surface area contributed by atoms with E-state index >= 15 is 0 Å². The largest absolute Gasteiger partial charge is 0.457 e. The summed E-state index contributed by atoms with van der Waals surface area (Å²) in [6.45, 7) is 1.92. The lowest BCUT2D eigenvalue weighted by molar-refractivity contribution is -0.126. The van der Waals surface area contributed by atoms with E-state index in [0.29, 0.717) is 12.8 Å². The van der Waals surface area contributed by atoms with Gasteiger partial charge in [0.2, 0.25) is 11.8 Å². The number of carbonyl (C=O) groups is 2. The third kappa shape index (κ3) is 3.93. The first-order chi connectivity index (χ1) is 11.6. The van der Waals surface area contributed by atoms with Crippen LogP contribution in [0.3, 0.4) is 0 Å². The fourth-order valence-corrected chi connectivity index (χ4v) is 2.66. The number of rotatable bonds is 5. The van der Waals surface area contributed by atoms with Gasteiger partial charge in [-0.25, -0.2) is 0 Å². The van der Waals surface area contributed by atoms with Crippen LogP contribution in [0.1, 0.15) is 31.4 Å². The Balaban J connectivity index is 1.58. The Labute approximate surface area is 141 Å². The van der Waals surface area contributed by atoms with Crippen molar-refractivity contribution in [3.05, 3.63) is 60.2 Å². The second-order valence-electron chi connectivity index (χ2n) is 5.87. The molecule has 2 atom stereocenters. The minimum atomic E-state index is -0.416. The Kier molecular flexibility index (Phi) is 4.79. The van der Waals surface area contributed by atoms with Gasteiger partial charge in [0.25, 0.3) is 0 Å². The molecule has 0 aliphatic carbocycles. The summed E-state index contributed by atoms with van der Waals surface area (Å²) in [6, 6.07) is 16.6. The fourth-order valence-electron chi connectivity index (χ4n) is 2.66. The third-order valence-electron chi connectivity index (χ3n) is 4.03. The summed E-state index contributed by atoms with van der Waals surface area (Å²) in [4.78, 5) is 23.3. The van der Waals surface area contributed by atoms with E-state index in [2.05, 4.69) is 10.6 Å². The summed E-state index contributed by atoms with van der Waals surface area (Å²) in [7, 11) is 0. The molecule has 2 N–H and O–H groups in total. The Morgan fingerprint density at radius 1 is 1.12 bits per heavy atom. The van der Waals surface area contributed by atoms with Crippen molar-refractivity contribution in [1.29, 1.82) is 0 Å². The Bertz CT molecular complexity index is 713. The van der Waals surface area contributed by atoms with Crippen LogP contribution in [0.4, 0.5) is 0 Å². The minimum absolute atomic E-state index is 0.0646. The number of benzene rings is 2. The predicted octanol–water partition coefficient (Wildman–Crippen LogP) is 2.93. The quantitative estimate of drug-likeness (QED) is 0.888. The number of amides is 2. The zero-order valence-electron chi connectivity index (χ0n) is 13.5. The molecule has 1 fully saturated rings. The van der Waals surface area contributed by atoms with Gasteiger partial charge in [-0.05, 0) is 43.2 Å². The average molecular weight is 324 g/mol. The highest BCUT2D eigenvalue weighted by Crippen LogP contribution is 2.23. The topological polar surface area (TPSA) is 67.4 Å². The molecular formula is C19H20N2O3. The molecule has 1 heterocycles. The van der Waals surface area contributed by atoms with Gasteiger partial charge >= 0.3 is 0 Å². The third-order valence-corrected chi connectivity index (χ3v) is 4.03. The van der Waals surface area contributed by atoms with E-state index in [9.17, 15) is 9.59 Å². The van der Waals surface area contributed by atoms with Crippen molar-refractivity contribution in [2.75, 3.05) is 0 Å². The molecule has 24 heavy (non-hydrogen) atoms. The van der Waals surface area contributed by atoms with Crippen LogP contribution in [0.25, 0.3) is 0 Å². The first-order valence-electron chi connectivity index (χ1n) is 8.04. The van der Waals surface area contributed by atoms with Gasteiger partial charge in [-0.15, -0.1) is 0 Å². The zero-order valence-corrected chi connectivity index (χ0v) is 13.5. The molecule has 0 spiro atoms. The molecule has 5 heteroatoms. The van der Waals surface area contributed by atoms with E-state index in [0.717, 1.165) is 17.1 Å². The van der Waals surface area contributed by atoms with E-state index in [1.54, 1.807) is 0 Å². The first-order valence-corrected chi connectivity index (χ1v) is 8.04. The van der Waals surface area contributed by atoms with Crippen molar-refractivity contribution >= 4 is 11.8 Å². The molecule has 0 saturated carbocycles. The predicted molar refractivity (Wildman–Crippen MR) is 90.7 cm³/mol. The van der Waals surface area contributed by atoms with Gasteiger partial charge in [0, 0.05) is 6.42 Å². The molecule has 3 rings (SSSR count). The van der Waals surface area contributed by atoms with Gasteiger partial charge in [0.15, 0.2) is 0 Å². The highest BCUT2D eigenvalue weighted by molar-refractivity contribution is 5.90. The van der Waals surface area contributed by atoms with Crippen LogP contribution in [0.5, 0.6) is 11.5 Å². The Hall–Kier alpha value is -2.82. The van der Waals surface area contributed by atoms with Crippen molar-refractivity contribution in [3.63, 3.8) is 0 Å². The molecule has 2 amide bonds. The van der Waals surface area contributed by atoms with Crippen molar-refractivity contribution in [2.45, 2.75) is 31.8 Å². The smallest absolute Gasteiger partial charge is 0.243 e. The second-order valence-corrected chi connectivity index (χ2v) is 5.87. The molecule has 0 unspecified atom stereocenters. The molecule has 0 radical (unpaired) electrons. The summed E-state index contributed by atoms with van der Waals surface area (Å²) in [5.41, 5.74) is 0.980. The monoisotopic (exact) mass is 324 g/mol. The van der Waals surface area contributed by atoms with E-state index < -0.39 is 6.04 Å².